The van der Waals surface area contributed by atoms with Crippen molar-refractivity contribution in [2.45, 2.75) is 13.0 Å². The average molecular weight is 438 g/mol. The third kappa shape index (κ3) is 7.93. The number of carbonyl (C=O) groups is 1. The Balaban J connectivity index is 1.82. The summed E-state index contributed by atoms with van der Waals surface area (Å²) in [4.78, 5) is 14.4. The molecule has 0 bridgehead atoms. The highest BCUT2D eigenvalue weighted by atomic mass is 35.5. The molecule has 1 amide bonds. The van der Waals surface area contributed by atoms with Crippen molar-refractivity contribution in [2.24, 2.45) is 0 Å². The van der Waals surface area contributed by atoms with Crippen LogP contribution in [0.3, 0.4) is 0 Å². The summed E-state index contributed by atoms with van der Waals surface area (Å²) >= 11 is 11.9. The van der Waals surface area contributed by atoms with Crippen LogP contribution in [0.15, 0.2) is 18.2 Å². The van der Waals surface area contributed by atoms with E-state index in [-0.39, 0.29) is 19.0 Å². The van der Waals surface area contributed by atoms with E-state index in [0.717, 1.165) is 49.8 Å². The lowest BCUT2D eigenvalue weighted by atomic mass is 10.2. The quantitative estimate of drug-likeness (QED) is 0.593. The first-order valence-electron chi connectivity index (χ1n) is 8.71. The Kier molecular flexibility index (Phi) is 8.78. The summed E-state index contributed by atoms with van der Waals surface area (Å²) in [6.07, 6.45) is 1.88. The van der Waals surface area contributed by atoms with Crippen molar-refractivity contribution in [3.63, 3.8) is 0 Å². The second kappa shape index (κ2) is 10.6. The standard InChI is InChI=1S/C17H25Cl2N3O4S/c1-27(24,25)22(12-14-3-4-15(18)16(19)11-14)13-17(23)20-5-2-6-21-7-9-26-10-8-21/h3-4,11H,2,5-10,12-13H2,1H3,(H,20,23). The summed E-state index contributed by atoms with van der Waals surface area (Å²) in [6, 6.07) is 4.89. The number of rotatable bonds is 9. The lowest BCUT2D eigenvalue weighted by molar-refractivity contribution is -0.121. The van der Waals surface area contributed by atoms with Crippen LogP contribution in [0.1, 0.15) is 12.0 Å². The van der Waals surface area contributed by atoms with Crippen LogP contribution >= 0.6 is 23.2 Å². The van der Waals surface area contributed by atoms with Gasteiger partial charge in [0.1, 0.15) is 0 Å². The number of sulfonamides is 1. The van der Waals surface area contributed by atoms with E-state index in [9.17, 15) is 13.2 Å². The maximum absolute atomic E-state index is 12.2. The van der Waals surface area contributed by atoms with Gasteiger partial charge in [-0.25, -0.2) is 8.42 Å². The van der Waals surface area contributed by atoms with E-state index in [1.165, 1.54) is 0 Å². The smallest absolute Gasteiger partial charge is 0.235 e. The molecule has 0 radical (unpaired) electrons. The van der Waals surface area contributed by atoms with E-state index >= 15 is 0 Å². The Morgan fingerprint density at radius 3 is 2.59 bits per heavy atom. The summed E-state index contributed by atoms with van der Waals surface area (Å²) in [5, 5.41) is 3.52. The highest BCUT2D eigenvalue weighted by molar-refractivity contribution is 7.88. The van der Waals surface area contributed by atoms with Gasteiger partial charge < -0.3 is 10.1 Å². The molecular weight excluding hydrogens is 413 g/mol. The third-order valence-corrected chi connectivity index (χ3v) is 6.14. The summed E-state index contributed by atoms with van der Waals surface area (Å²) in [6.45, 7) is 4.48. The number of ether oxygens (including phenoxy) is 1. The fourth-order valence-corrected chi connectivity index (χ4v) is 3.76. The molecule has 1 heterocycles. The Morgan fingerprint density at radius 1 is 1.26 bits per heavy atom. The van der Waals surface area contributed by atoms with E-state index in [1.807, 2.05) is 0 Å². The van der Waals surface area contributed by atoms with Gasteiger partial charge in [0.15, 0.2) is 0 Å². The minimum Gasteiger partial charge on any atom is -0.379 e. The third-order valence-electron chi connectivity index (χ3n) is 4.21. The van der Waals surface area contributed by atoms with Gasteiger partial charge in [0.2, 0.25) is 15.9 Å². The number of halogens is 2. The van der Waals surface area contributed by atoms with Gasteiger partial charge in [0, 0.05) is 26.2 Å². The van der Waals surface area contributed by atoms with Gasteiger partial charge in [-0.1, -0.05) is 29.3 Å². The van der Waals surface area contributed by atoms with Crippen LogP contribution in [-0.2, 0) is 26.1 Å². The molecule has 0 saturated carbocycles. The molecule has 1 aliphatic heterocycles. The fraction of sp³-hybridized carbons (Fsp3) is 0.588. The highest BCUT2D eigenvalue weighted by Crippen LogP contribution is 2.23. The van der Waals surface area contributed by atoms with Crippen LogP contribution in [0.25, 0.3) is 0 Å². The van der Waals surface area contributed by atoms with E-state index in [1.54, 1.807) is 18.2 Å². The molecule has 0 spiro atoms. The van der Waals surface area contributed by atoms with Gasteiger partial charge in [0.05, 0.1) is 36.1 Å². The van der Waals surface area contributed by atoms with Gasteiger partial charge in [-0.05, 0) is 30.7 Å². The van der Waals surface area contributed by atoms with E-state index in [4.69, 9.17) is 27.9 Å². The van der Waals surface area contributed by atoms with Crippen molar-refractivity contribution >= 4 is 39.1 Å². The van der Waals surface area contributed by atoms with Gasteiger partial charge >= 0.3 is 0 Å². The first-order valence-corrected chi connectivity index (χ1v) is 11.3. The van der Waals surface area contributed by atoms with E-state index < -0.39 is 10.0 Å². The second-order valence-electron chi connectivity index (χ2n) is 6.44. The molecule has 1 N–H and O–H groups in total. The van der Waals surface area contributed by atoms with Crippen LogP contribution in [0.2, 0.25) is 10.0 Å². The molecular formula is C17H25Cl2N3O4S. The fourth-order valence-electron chi connectivity index (χ4n) is 2.70. The number of hydrogen-bond donors (Lipinski definition) is 1. The Bertz CT molecular complexity index is 740. The summed E-state index contributed by atoms with van der Waals surface area (Å²) in [7, 11) is -3.55. The molecule has 7 nitrogen and oxygen atoms in total. The Hall–Kier alpha value is -0.900. The largest absolute Gasteiger partial charge is 0.379 e. The zero-order valence-electron chi connectivity index (χ0n) is 15.3. The zero-order valence-corrected chi connectivity index (χ0v) is 17.6. The van der Waals surface area contributed by atoms with Crippen LogP contribution < -0.4 is 5.32 Å². The normalized spacial score (nSPS) is 15.9. The summed E-state index contributed by atoms with van der Waals surface area (Å²) in [5.74, 6) is -0.331. The first kappa shape index (κ1) is 22.4. The minimum atomic E-state index is -3.55. The van der Waals surface area contributed by atoms with Crippen LogP contribution in [0.5, 0.6) is 0 Å². The van der Waals surface area contributed by atoms with Crippen molar-refractivity contribution in [1.82, 2.24) is 14.5 Å². The molecule has 10 heteroatoms. The van der Waals surface area contributed by atoms with Crippen LogP contribution in [-0.4, -0.2) is 75.7 Å². The molecule has 0 unspecified atom stereocenters. The first-order chi connectivity index (χ1) is 12.8. The van der Waals surface area contributed by atoms with E-state index in [2.05, 4.69) is 10.2 Å². The zero-order chi connectivity index (χ0) is 19.9. The monoisotopic (exact) mass is 437 g/mol. The summed E-state index contributed by atoms with van der Waals surface area (Å²) in [5.41, 5.74) is 0.662. The average Bonchev–Trinajstić information content (AvgIpc) is 2.61. The predicted octanol–water partition coefficient (Wildman–Crippen LogP) is 1.59. The van der Waals surface area contributed by atoms with Gasteiger partial charge in [-0.15, -0.1) is 0 Å². The number of nitrogens with zero attached hydrogens (tertiary/aromatic N) is 2. The van der Waals surface area contributed by atoms with Gasteiger partial charge in [-0.2, -0.15) is 4.31 Å². The van der Waals surface area contributed by atoms with Crippen molar-refractivity contribution in [3.05, 3.63) is 33.8 Å². The molecule has 2 rings (SSSR count). The van der Waals surface area contributed by atoms with Crippen molar-refractivity contribution in [3.8, 4) is 0 Å². The second-order valence-corrected chi connectivity index (χ2v) is 9.23. The highest BCUT2D eigenvalue weighted by Gasteiger charge is 2.21. The van der Waals surface area contributed by atoms with Gasteiger partial charge in [-0.3, -0.25) is 9.69 Å². The number of morpholine rings is 1. The molecule has 27 heavy (non-hydrogen) atoms. The number of benzene rings is 1. The molecule has 1 fully saturated rings. The minimum absolute atomic E-state index is 0.0525. The van der Waals surface area contributed by atoms with Crippen molar-refractivity contribution < 1.29 is 17.9 Å². The number of nitrogens with one attached hydrogen (secondary N) is 1. The molecule has 1 aromatic carbocycles. The maximum Gasteiger partial charge on any atom is 0.235 e. The molecule has 0 aromatic heterocycles. The molecule has 0 aliphatic carbocycles. The van der Waals surface area contributed by atoms with Crippen molar-refractivity contribution in [1.29, 1.82) is 0 Å². The Morgan fingerprint density at radius 2 is 1.96 bits per heavy atom. The molecule has 1 aromatic rings. The molecule has 1 saturated heterocycles. The topological polar surface area (TPSA) is 79.0 Å². The number of hydrogen-bond acceptors (Lipinski definition) is 5. The summed E-state index contributed by atoms with van der Waals surface area (Å²) < 4.78 is 30.5. The Labute approximate surface area is 170 Å². The van der Waals surface area contributed by atoms with Crippen LogP contribution in [0, 0.1) is 0 Å². The lowest BCUT2D eigenvalue weighted by Gasteiger charge is -2.26. The maximum atomic E-state index is 12.2. The van der Waals surface area contributed by atoms with Crippen LogP contribution in [0.4, 0.5) is 0 Å². The molecule has 0 atom stereocenters. The van der Waals surface area contributed by atoms with Gasteiger partial charge in [0.25, 0.3) is 0 Å². The van der Waals surface area contributed by atoms with Crippen molar-refractivity contribution in [2.75, 3.05) is 52.2 Å². The molecule has 152 valence electrons. The SMILES string of the molecule is CS(=O)(=O)N(CC(=O)NCCCN1CCOCC1)Cc1ccc(Cl)c(Cl)c1. The lowest BCUT2D eigenvalue weighted by Crippen LogP contribution is -2.41. The van der Waals surface area contributed by atoms with E-state index in [0.29, 0.717) is 22.2 Å². The molecule has 1 aliphatic rings. The number of carbonyl (C=O) groups excluding carboxylic acids is 1. The number of amides is 1. The predicted molar refractivity (Wildman–Crippen MR) is 107 cm³/mol.